The van der Waals surface area contributed by atoms with Gasteiger partial charge in [0.05, 0.1) is 0 Å². The van der Waals surface area contributed by atoms with Crippen LogP contribution in [0.2, 0.25) is 0 Å². The lowest BCUT2D eigenvalue weighted by molar-refractivity contribution is -0.306. The van der Waals surface area contributed by atoms with Crippen molar-refractivity contribution in [3.8, 4) is 0 Å². The molecule has 0 aliphatic heterocycles. The Labute approximate surface area is 77.2 Å². The third-order valence-electron chi connectivity index (χ3n) is 1.77. The Morgan fingerprint density at radius 3 is 2.54 bits per heavy atom. The number of hydrogen-bond donors (Lipinski definition) is 1. The minimum absolute atomic E-state index is 0.0884. The molecule has 0 amide bonds. The zero-order valence-electron chi connectivity index (χ0n) is 7.27. The molecule has 3 nitrogen and oxygen atoms in total. The first-order valence-corrected chi connectivity index (χ1v) is 4.18. The topological polar surface area (TPSA) is 66.2 Å². The number of carboxylic acids is 1. The van der Waals surface area contributed by atoms with Gasteiger partial charge in [0.15, 0.2) is 0 Å². The second-order valence-corrected chi connectivity index (χ2v) is 3.03. The summed E-state index contributed by atoms with van der Waals surface area (Å²) in [6.45, 7) is 0. The lowest BCUT2D eigenvalue weighted by Gasteiger charge is -2.11. The monoisotopic (exact) mass is 178 g/mol. The Morgan fingerprint density at radius 1 is 1.38 bits per heavy atom. The Kier molecular flexibility index (Phi) is 3.46. The standard InChI is InChI=1S/C10H13NO2/c11-9(7-10(12)13)6-8-4-2-1-3-5-8/h1-5,9H,6-7,11H2,(H,12,13)/p-1/t9-/m1/s1. The lowest BCUT2D eigenvalue weighted by atomic mass is 10.0. The van der Waals surface area contributed by atoms with Crippen LogP contribution in [-0.4, -0.2) is 12.0 Å². The van der Waals surface area contributed by atoms with Crippen LogP contribution in [0.3, 0.4) is 0 Å². The molecule has 0 spiro atoms. The summed E-state index contributed by atoms with van der Waals surface area (Å²) in [7, 11) is 0. The van der Waals surface area contributed by atoms with Gasteiger partial charge in [-0.1, -0.05) is 30.3 Å². The maximum absolute atomic E-state index is 10.2. The highest BCUT2D eigenvalue weighted by Crippen LogP contribution is 2.03. The largest absolute Gasteiger partial charge is 0.550 e. The van der Waals surface area contributed by atoms with Gasteiger partial charge in [-0.15, -0.1) is 0 Å². The molecule has 0 bridgehead atoms. The predicted octanol–water partition coefficient (Wildman–Crippen LogP) is -0.304. The van der Waals surface area contributed by atoms with Gasteiger partial charge < -0.3 is 15.6 Å². The number of carbonyl (C=O) groups excluding carboxylic acids is 1. The van der Waals surface area contributed by atoms with Crippen LogP contribution in [0.5, 0.6) is 0 Å². The number of benzene rings is 1. The van der Waals surface area contributed by atoms with Gasteiger partial charge in [-0.2, -0.15) is 0 Å². The van der Waals surface area contributed by atoms with Gasteiger partial charge in [0.1, 0.15) is 0 Å². The molecule has 3 heteroatoms. The van der Waals surface area contributed by atoms with Crippen molar-refractivity contribution in [3.05, 3.63) is 35.9 Å². The summed E-state index contributed by atoms with van der Waals surface area (Å²) in [5, 5.41) is 10.2. The van der Waals surface area contributed by atoms with Crippen LogP contribution in [0.4, 0.5) is 0 Å². The zero-order valence-corrected chi connectivity index (χ0v) is 7.27. The Bertz CT molecular complexity index is 272. The van der Waals surface area contributed by atoms with Crippen LogP contribution in [-0.2, 0) is 11.2 Å². The molecule has 70 valence electrons. The van der Waals surface area contributed by atoms with E-state index in [1.54, 1.807) is 0 Å². The summed E-state index contributed by atoms with van der Waals surface area (Å²) in [4.78, 5) is 10.2. The molecule has 0 unspecified atom stereocenters. The lowest BCUT2D eigenvalue weighted by Crippen LogP contribution is -2.33. The average Bonchev–Trinajstić information content (AvgIpc) is 2.04. The second-order valence-electron chi connectivity index (χ2n) is 3.03. The highest BCUT2D eigenvalue weighted by molar-refractivity contribution is 5.65. The van der Waals surface area contributed by atoms with Gasteiger partial charge in [0, 0.05) is 18.4 Å². The average molecular weight is 178 g/mol. The first-order chi connectivity index (χ1) is 6.18. The van der Waals surface area contributed by atoms with Gasteiger partial charge in [0.25, 0.3) is 0 Å². The van der Waals surface area contributed by atoms with Gasteiger partial charge in [-0.25, -0.2) is 0 Å². The summed E-state index contributed by atoms with van der Waals surface area (Å²) in [5.41, 5.74) is 6.64. The molecule has 0 saturated heterocycles. The van der Waals surface area contributed by atoms with E-state index in [-0.39, 0.29) is 12.5 Å². The van der Waals surface area contributed by atoms with Gasteiger partial charge in [-0.3, -0.25) is 0 Å². The summed E-state index contributed by atoms with van der Waals surface area (Å²) in [5.74, 6) is -1.09. The van der Waals surface area contributed by atoms with E-state index in [1.165, 1.54) is 0 Å². The van der Waals surface area contributed by atoms with E-state index in [2.05, 4.69) is 0 Å². The number of nitrogens with two attached hydrogens (primary N) is 1. The molecule has 0 heterocycles. The highest BCUT2D eigenvalue weighted by Gasteiger charge is 2.03. The smallest absolute Gasteiger partial charge is 0.0429 e. The second kappa shape index (κ2) is 4.62. The minimum Gasteiger partial charge on any atom is -0.550 e. The Morgan fingerprint density at radius 2 is 2.00 bits per heavy atom. The van der Waals surface area contributed by atoms with Crippen LogP contribution in [0.25, 0.3) is 0 Å². The molecule has 1 aromatic carbocycles. The molecule has 0 aromatic heterocycles. The molecule has 13 heavy (non-hydrogen) atoms. The fraction of sp³-hybridized carbons (Fsp3) is 0.300. The Balaban J connectivity index is 2.45. The number of aliphatic carboxylic acids is 1. The van der Waals surface area contributed by atoms with E-state index in [4.69, 9.17) is 5.73 Å². The fourth-order valence-corrected chi connectivity index (χ4v) is 1.20. The molecule has 0 saturated carbocycles. The first kappa shape index (κ1) is 9.74. The maximum Gasteiger partial charge on any atom is 0.0429 e. The Hall–Kier alpha value is -1.35. The van der Waals surface area contributed by atoms with Crippen molar-refractivity contribution in [2.75, 3.05) is 0 Å². The van der Waals surface area contributed by atoms with Crippen molar-refractivity contribution >= 4 is 5.97 Å². The van der Waals surface area contributed by atoms with Crippen molar-refractivity contribution < 1.29 is 9.90 Å². The van der Waals surface area contributed by atoms with Gasteiger partial charge >= 0.3 is 0 Å². The number of carboxylic acid groups (broad SMARTS) is 1. The van der Waals surface area contributed by atoms with E-state index in [0.717, 1.165) is 5.56 Å². The maximum atomic E-state index is 10.2. The molecular formula is C10H12NO2-. The van der Waals surface area contributed by atoms with E-state index in [9.17, 15) is 9.90 Å². The van der Waals surface area contributed by atoms with Crippen LogP contribution >= 0.6 is 0 Å². The molecule has 0 radical (unpaired) electrons. The third-order valence-corrected chi connectivity index (χ3v) is 1.77. The molecule has 1 rings (SSSR count). The van der Waals surface area contributed by atoms with Gasteiger partial charge in [0.2, 0.25) is 0 Å². The predicted molar refractivity (Wildman–Crippen MR) is 47.7 cm³/mol. The zero-order chi connectivity index (χ0) is 9.68. The molecular weight excluding hydrogens is 166 g/mol. The van der Waals surface area contributed by atoms with Crippen molar-refractivity contribution in [3.63, 3.8) is 0 Å². The SMILES string of the molecule is N[C@@H](CC(=O)[O-])Cc1ccccc1. The number of carbonyl (C=O) groups is 1. The number of rotatable bonds is 4. The van der Waals surface area contributed by atoms with Crippen molar-refractivity contribution in [2.45, 2.75) is 18.9 Å². The molecule has 0 aliphatic rings. The molecule has 2 N–H and O–H groups in total. The van der Waals surface area contributed by atoms with Crippen LogP contribution < -0.4 is 10.8 Å². The third kappa shape index (κ3) is 3.71. The molecule has 0 fully saturated rings. The van der Waals surface area contributed by atoms with E-state index in [1.807, 2.05) is 30.3 Å². The summed E-state index contributed by atoms with van der Waals surface area (Å²) >= 11 is 0. The summed E-state index contributed by atoms with van der Waals surface area (Å²) in [6.07, 6.45) is 0.490. The van der Waals surface area contributed by atoms with E-state index in [0.29, 0.717) is 6.42 Å². The molecule has 0 aliphatic carbocycles. The van der Waals surface area contributed by atoms with Gasteiger partial charge in [-0.05, 0) is 12.0 Å². The van der Waals surface area contributed by atoms with Crippen molar-refractivity contribution in [1.29, 1.82) is 0 Å². The van der Waals surface area contributed by atoms with Crippen LogP contribution in [0.1, 0.15) is 12.0 Å². The van der Waals surface area contributed by atoms with Crippen molar-refractivity contribution in [1.82, 2.24) is 0 Å². The van der Waals surface area contributed by atoms with E-state index < -0.39 is 5.97 Å². The minimum atomic E-state index is -1.09. The first-order valence-electron chi connectivity index (χ1n) is 4.18. The quantitative estimate of drug-likeness (QED) is 0.688. The van der Waals surface area contributed by atoms with E-state index >= 15 is 0 Å². The highest BCUT2D eigenvalue weighted by atomic mass is 16.4. The van der Waals surface area contributed by atoms with Crippen molar-refractivity contribution in [2.24, 2.45) is 5.73 Å². The number of hydrogen-bond acceptors (Lipinski definition) is 3. The normalized spacial score (nSPS) is 12.4. The van der Waals surface area contributed by atoms with Crippen LogP contribution in [0.15, 0.2) is 30.3 Å². The fourth-order valence-electron chi connectivity index (χ4n) is 1.20. The van der Waals surface area contributed by atoms with Crippen LogP contribution in [0, 0.1) is 0 Å². The summed E-state index contributed by atoms with van der Waals surface area (Å²) < 4.78 is 0. The molecule has 1 atom stereocenters. The summed E-state index contributed by atoms with van der Waals surface area (Å²) in [6, 6.07) is 9.22. The molecule has 1 aromatic rings.